The van der Waals surface area contributed by atoms with Crippen LogP contribution < -0.4 is 4.74 Å². The van der Waals surface area contributed by atoms with Crippen molar-refractivity contribution >= 4 is 0 Å². The van der Waals surface area contributed by atoms with Gasteiger partial charge in [0, 0.05) is 0 Å². The lowest BCUT2D eigenvalue weighted by Crippen LogP contribution is -2.00. The average molecular weight is 312 g/mol. The molecule has 2 nitrogen and oxygen atoms in total. The van der Waals surface area contributed by atoms with Gasteiger partial charge in [-0.25, -0.2) is 0 Å². The maximum Gasteiger partial charge on any atom is 0.119 e. The Kier molecular flexibility index (Phi) is 7.15. The van der Waals surface area contributed by atoms with Gasteiger partial charge in [0.2, 0.25) is 0 Å². The fraction of sp³-hybridized carbons (Fsp3) is 0.429. The van der Waals surface area contributed by atoms with E-state index in [1.165, 1.54) is 24.0 Å². The van der Waals surface area contributed by atoms with Gasteiger partial charge in [-0.1, -0.05) is 61.7 Å². The Morgan fingerprint density at radius 1 is 0.957 bits per heavy atom. The maximum atomic E-state index is 10.3. The molecule has 0 radical (unpaired) electrons. The summed E-state index contributed by atoms with van der Waals surface area (Å²) in [5, 5.41) is 10.3. The summed E-state index contributed by atoms with van der Waals surface area (Å²) in [7, 11) is 0. The summed E-state index contributed by atoms with van der Waals surface area (Å²) in [5.74, 6) is 0.934. The summed E-state index contributed by atoms with van der Waals surface area (Å²) in [6, 6.07) is 16.3. The van der Waals surface area contributed by atoms with Gasteiger partial charge in [0.05, 0.1) is 12.7 Å². The van der Waals surface area contributed by atoms with Crippen LogP contribution in [0.4, 0.5) is 0 Å². The van der Waals surface area contributed by atoms with Crippen LogP contribution in [-0.4, -0.2) is 11.7 Å². The van der Waals surface area contributed by atoms with Crippen molar-refractivity contribution in [3.05, 3.63) is 65.2 Å². The quantitative estimate of drug-likeness (QED) is 0.642. The molecule has 2 rings (SSSR count). The third-order valence-corrected chi connectivity index (χ3v) is 4.11. The zero-order valence-electron chi connectivity index (χ0n) is 14.3. The third kappa shape index (κ3) is 6.07. The monoisotopic (exact) mass is 312 g/mol. The molecule has 2 aromatic rings. The van der Waals surface area contributed by atoms with Crippen molar-refractivity contribution in [3.8, 4) is 5.75 Å². The predicted molar refractivity (Wildman–Crippen MR) is 95.9 cm³/mol. The van der Waals surface area contributed by atoms with Crippen LogP contribution in [-0.2, 0) is 6.42 Å². The molecular weight excluding hydrogens is 284 g/mol. The molecule has 1 N–H and O–H groups in total. The maximum absolute atomic E-state index is 10.3. The van der Waals surface area contributed by atoms with E-state index in [0.29, 0.717) is 0 Å². The number of aliphatic hydroxyl groups excluding tert-OH is 1. The SMILES string of the molecule is CCCCCOc1ccc(CCC(O)c2ccc(C)cc2)cc1. The van der Waals surface area contributed by atoms with E-state index in [9.17, 15) is 5.11 Å². The fourth-order valence-corrected chi connectivity index (χ4v) is 2.55. The number of unbranched alkanes of at least 4 members (excludes halogenated alkanes) is 2. The lowest BCUT2D eigenvalue weighted by atomic mass is 10.0. The van der Waals surface area contributed by atoms with Crippen LogP contribution in [0.25, 0.3) is 0 Å². The van der Waals surface area contributed by atoms with Crippen molar-refractivity contribution in [1.82, 2.24) is 0 Å². The van der Waals surface area contributed by atoms with Crippen LogP contribution in [0, 0.1) is 6.92 Å². The van der Waals surface area contributed by atoms with Crippen molar-refractivity contribution in [2.24, 2.45) is 0 Å². The lowest BCUT2D eigenvalue weighted by Gasteiger charge is -2.12. The largest absolute Gasteiger partial charge is 0.494 e. The summed E-state index contributed by atoms with van der Waals surface area (Å²) in [5.41, 5.74) is 3.44. The third-order valence-electron chi connectivity index (χ3n) is 4.11. The molecule has 0 aromatic heterocycles. The van der Waals surface area contributed by atoms with Crippen LogP contribution in [0.15, 0.2) is 48.5 Å². The first kappa shape index (κ1) is 17.6. The van der Waals surface area contributed by atoms with Crippen LogP contribution in [0.1, 0.15) is 55.4 Å². The van der Waals surface area contributed by atoms with E-state index in [4.69, 9.17) is 4.74 Å². The number of aryl methyl sites for hydroxylation is 2. The minimum atomic E-state index is -0.402. The smallest absolute Gasteiger partial charge is 0.119 e. The second-order valence-corrected chi connectivity index (χ2v) is 6.16. The number of ether oxygens (including phenoxy) is 1. The molecule has 0 aliphatic rings. The van der Waals surface area contributed by atoms with Crippen LogP contribution in [0.3, 0.4) is 0 Å². The van der Waals surface area contributed by atoms with Gasteiger partial charge < -0.3 is 9.84 Å². The lowest BCUT2D eigenvalue weighted by molar-refractivity contribution is 0.168. The Morgan fingerprint density at radius 3 is 2.30 bits per heavy atom. The number of aliphatic hydroxyl groups is 1. The molecular formula is C21H28O2. The number of benzene rings is 2. The summed E-state index contributed by atoms with van der Waals surface area (Å²) in [4.78, 5) is 0. The Morgan fingerprint density at radius 2 is 1.65 bits per heavy atom. The van der Waals surface area contributed by atoms with Gasteiger partial charge in [0.25, 0.3) is 0 Å². The van der Waals surface area contributed by atoms with E-state index in [1.807, 2.05) is 36.4 Å². The van der Waals surface area contributed by atoms with Gasteiger partial charge in [-0.2, -0.15) is 0 Å². The Balaban J connectivity index is 1.78. The highest BCUT2D eigenvalue weighted by Gasteiger charge is 2.07. The molecule has 0 aliphatic carbocycles. The van der Waals surface area contributed by atoms with Crippen molar-refractivity contribution in [2.75, 3.05) is 6.61 Å². The van der Waals surface area contributed by atoms with Crippen molar-refractivity contribution in [1.29, 1.82) is 0 Å². The summed E-state index contributed by atoms with van der Waals surface area (Å²) in [6.07, 6.45) is 4.74. The van der Waals surface area contributed by atoms with E-state index in [2.05, 4.69) is 26.0 Å². The topological polar surface area (TPSA) is 29.5 Å². The molecule has 2 aromatic carbocycles. The molecule has 23 heavy (non-hydrogen) atoms. The Labute approximate surface area is 140 Å². The standard InChI is InChI=1S/C21H28O2/c1-3-4-5-16-23-20-13-8-18(9-14-20)10-15-21(22)19-11-6-17(2)7-12-19/h6-9,11-14,21-22H,3-5,10,15-16H2,1-2H3. The molecule has 0 saturated carbocycles. The highest BCUT2D eigenvalue weighted by Crippen LogP contribution is 2.21. The summed E-state index contributed by atoms with van der Waals surface area (Å²) >= 11 is 0. The first-order chi connectivity index (χ1) is 11.2. The molecule has 0 saturated heterocycles. The fourth-order valence-electron chi connectivity index (χ4n) is 2.55. The molecule has 1 atom stereocenters. The van der Waals surface area contributed by atoms with Crippen molar-refractivity contribution in [2.45, 2.75) is 52.1 Å². The predicted octanol–water partition coefficient (Wildman–Crippen LogP) is 5.23. The molecule has 124 valence electrons. The second-order valence-electron chi connectivity index (χ2n) is 6.16. The van der Waals surface area contributed by atoms with Gasteiger partial charge in [-0.05, 0) is 49.4 Å². The summed E-state index contributed by atoms with van der Waals surface area (Å²) in [6.45, 7) is 5.04. The van der Waals surface area contributed by atoms with Gasteiger partial charge in [0.15, 0.2) is 0 Å². The van der Waals surface area contributed by atoms with Crippen LogP contribution in [0.5, 0.6) is 5.75 Å². The van der Waals surface area contributed by atoms with E-state index in [-0.39, 0.29) is 0 Å². The minimum absolute atomic E-state index is 0.402. The van der Waals surface area contributed by atoms with Gasteiger partial charge in [0.1, 0.15) is 5.75 Å². The number of hydrogen-bond donors (Lipinski definition) is 1. The normalized spacial score (nSPS) is 12.1. The zero-order chi connectivity index (χ0) is 16.5. The molecule has 1 unspecified atom stereocenters. The summed E-state index contributed by atoms with van der Waals surface area (Å²) < 4.78 is 5.72. The van der Waals surface area contributed by atoms with E-state index in [1.54, 1.807) is 0 Å². The minimum Gasteiger partial charge on any atom is -0.494 e. The number of hydrogen-bond acceptors (Lipinski definition) is 2. The Bertz CT molecular complexity index is 557. The molecule has 0 bridgehead atoms. The van der Waals surface area contributed by atoms with Gasteiger partial charge >= 0.3 is 0 Å². The van der Waals surface area contributed by atoms with Crippen LogP contribution >= 0.6 is 0 Å². The van der Waals surface area contributed by atoms with Gasteiger partial charge in [-0.15, -0.1) is 0 Å². The van der Waals surface area contributed by atoms with Gasteiger partial charge in [-0.3, -0.25) is 0 Å². The van der Waals surface area contributed by atoms with E-state index in [0.717, 1.165) is 37.2 Å². The highest BCUT2D eigenvalue weighted by atomic mass is 16.5. The molecule has 0 fully saturated rings. The number of rotatable bonds is 9. The molecule has 0 heterocycles. The Hall–Kier alpha value is -1.80. The first-order valence-corrected chi connectivity index (χ1v) is 8.65. The van der Waals surface area contributed by atoms with Crippen LogP contribution in [0.2, 0.25) is 0 Å². The average Bonchev–Trinajstić information content (AvgIpc) is 2.58. The molecule has 0 amide bonds. The molecule has 2 heteroatoms. The van der Waals surface area contributed by atoms with E-state index < -0.39 is 6.10 Å². The highest BCUT2D eigenvalue weighted by molar-refractivity contribution is 5.28. The molecule has 0 aliphatic heterocycles. The van der Waals surface area contributed by atoms with Crippen molar-refractivity contribution < 1.29 is 9.84 Å². The van der Waals surface area contributed by atoms with E-state index >= 15 is 0 Å². The zero-order valence-corrected chi connectivity index (χ0v) is 14.3. The molecule has 0 spiro atoms. The second kappa shape index (κ2) is 9.36. The van der Waals surface area contributed by atoms with Crippen molar-refractivity contribution in [3.63, 3.8) is 0 Å². The first-order valence-electron chi connectivity index (χ1n) is 8.65.